The molecule has 0 bridgehead atoms. The van der Waals surface area contributed by atoms with Crippen molar-refractivity contribution in [3.63, 3.8) is 0 Å². The molecular weight excluding hydrogens is 433 g/mol. The molecule has 0 unspecified atom stereocenters. The number of halogens is 4. The predicted octanol–water partition coefficient (Wildman–Crippen LogP) is 5.43. The number of aromatic nitrogens is 3. The van der Waals surface area contributed by atoms with Gasteiger partial charge in [-0.2, -0.15) is 13.2 Å². The molecule has 0 saturated carbocycles. The van der Waals surface area contributed by atoms with E-state index in [9.17, 15) is 18.0 Å². The van der Waals surface area contributed by atoms with Gasteiger partial charge in [0, 0.05) is 6.54 Å². The summed E-state index contributed by atoms with van der Waals surface area (Å²) in [6.45, 7) is 2.51. The minimum absolute atomic E-state index is 0.134. The molecule has 5 nitrogen and oxygen atoms in total. The summed E-state index contributed by atoms with van der Waals surface area (Å²) < 4.78 is 41.2. The van der Waals surface area contributed by atoms with E-state index < -0.39 is 23.3 Å². The first kappa shape index (κ1) is 20.7. The van der Waals surface area contributed by atoms with E-state index >= 15 is 0 Å². The van der Waals surface area contributed by atoms with Crippen molar-refractivity contribution < 1.29 is 18.0 Å². The number of benzene rings is 1. The van der Waals surface area contributed by atoms with Gasteiger partial charge in [0.15, 0.2) is 11.0 Å². The molecule has 1 N–H and O–H groups in total. The summed E-state index contributed by atoms with van der Waals surface area (Å²) >= 11 is 8.47. The van der Waals surface area contributed by atoms with E-state index in [2.05, 4.69) is 15.5 Å². The quantitative estimate of drug-likeness (QED) is 0.513. The van der Waals surface area contributed by atoms with E-state index in [0.29, 0.717) is 17.5 Å². The zero-order chi connectivity index (χ0) is 20.3. The van der Waals surface area contributed by atoms with Gasteiger partial charge in [-0.1, -0.05) is 35.5 Å². The second-order valence-corrected chi connectivity index (χ2v) is 7.82. The molecule has 1 aromatic carbocycles. The van der Waals surface area contributed by atoms with Gasteiger partial charge in [0.2, 0.25) is 5.91 Å². The largest absolute Gasteiger partial charge is 0.418 e. The molecule has 0 aliphatic rings. The fraction of sp³-hybridized carbons (Fsp3) is 0.235. The van der Waals surface area contributed by atoms with Crippen LogP contribution in [0.5, 0.6) is 0 Å². The summed E-state index contributed by atoms with van der Waals surface area (Å²) in [6.07, 6.45) is -4.63. The Hall–Kier alpha value is -2.04. The minimum Gasteiger partial charge on any atom is -0.324 e. The summed E-state index contributed by atoms with van der Waals surface area (Å²) in [6, 6.07) is 7.16. The van der Waals surface area contributed by atoms with E-state index in [0.717, 1.165) is 22.7 Å². The van der Waals surface area contributed by atoms with Crippen LogP contribution in [0.4, 0.5) is 18.9 Å². The van der Waals surface area contributed by atoms with Crippen molar-refractivity contribution in [3.8, 4) is 10.7 Å². The van der Waals surface area contributed by atoms with Crippen molar-refractivity contribution in [2.45, 2.75) is 24.8 Å². The Kier molecular flexibility index (Phi) is 6.31. The number of alkyl halides is 3. The zero-order valence-corrected chi connectivity index (χ0v) is 16.8. The molecule has 2 heterocycles. The van der Waals surface area contributed by atoms with Gasteiger partial charge in [0.25, 0.3) is 0 Å². The molecule has 0 radical (unpaired) electrons. The number of nitrogens with one attached hydrogen (secondary N) is 1. The second kappa shape index (κ2) is 8.54. The highest BCUT2D eigenvalue weighted by Crippen LogP contribution is 2.38. The average Bonchev–Trinajstić information content (AvgIpc) is 3.29. The number of nitrogens with zero attached hydrogens (tertiary/aromatic N) is 3. The number of thioether (sulfide) groups is 1. The first-order valence-corrected chi connectivity index (χ1v) is 10.3. The van der Waals surface area contributed by atoms with E-state index in [1.165, 1.54) is 23.5 Å². The second-order valence-electron chi connectivity index (χ2n) is 5.52. The molecular formula is C17H14ClF3N4OS2. The third kappa shape index (κ3) is 4.50. The Bertz CT molecular complexity index is 973. The number of anilines is 1. The fourth-order valence-electron chi connectivity index (χ4n) is 2.46. The average molecular weight is 447 g/mol. The first-order valence-electron chi connectivity index (χ1n) is 8.06. The predicted molar refractivity (Wildman–Crippen MR) is 105 cm³/mol. The van der Waals surface area contributed by atoms with Crippen molar-refractivity contribution >= 4 is 46.3 Å². The lowest BCUT2D eigenvalue weighted by Gasteiger charge is -2.15. The first-order chi connectivity index (χ1) is 13.3. The van der Waals surface area contributed by atoms with E-state index in [1.807, 2.05) is 29.0 Å². The molecule has 2 aromatic heterocycles. The highest BCUT2D eigenvalue weighted by molar-refractivity contribution is 7.99. The Balaban J connectivity index is 1.73. The van der Waals surface area contributed by atoms with Gasteiger partial charge in [0.1, 0.15) is 0 Å². The van der Waals surface area contributed by atoms with Crippen LogP contribution in [0.3, 0.4) is 0 Å². The van der Waals surface area contributed by atoms with Gasteiger partial charge >= 0.3 is 6.18 Å². The third-order valence-electron chi connectivity index (χ3n) is 3.69. The van der Waals surface area contributed by atoms with Crippen LogP contribution < -0.4 is 5.32 Å². The molecule has 0 fully saturated rings. The molecule has 0 atom stereocenters. The Morgan fingerprint density at radius 2 is 2.07 bits per heavy atom. The molecule has 0 aliphatic carbocycles. The standard InChI is InChI=1S/C17H14ClF3N4OS2/c1-2-25-15(12-7-4-8-27-12)23-24-16(25)28-9-13(26)22-14-10(17(19,20)21)5-3-6-11(14)18/h3-8H,2,9H2,1H3,(H,22,26). The van der Waals surface area contributed by atoms with Crippen LogP contribution in [0.2, 0.25) is 5.02 Å². The maximum atomic E-state index is 13.1. The minimum atomic E-state index is -4.63. The van der Waals surface area contributed by atoms with E-state index in [1.54, 1.807) is 0 Å². The lowest BCUT2D eigenvalue weighted by Crippen LogP contribution is -2.18. The van der Waals surface area contributed by atoms with Crippen molar-refractivity contribution in [2.75, 3.05) is 11.1 Å². The van der Waals surface area contributed by atoms with E-state index in [4.69, 9.17) is 11.6 Å². The van der Waals surface area contributed by atoms with Crippen molar-refractivity contribution in [2.24, 2.45) is 0 Å². The highest BCUT2D eigenvalue weighted by atomic mass is 35.5. The Labute approximate surface area is 171 Å². The van der Waals surface area contributed by atoms with Crippen LogP contribution in [0, 0.1) is 0 Å². The highest BCUT2D eigenvalue weighted by Gasteiger charge is 2.34. The van der Waals surface area contributed by atoms with E-state index in [-0.39, 0.29) is 10.8 Å². The van der Waals surface area contributed by atoms with Crippen LogP contribution in [0.25, 0.3) is 10.7 Å². The number of hydrogen-bond acceptors (Lipinski definition) is 5. The topological polar surface area (TPSA) is 59.8 Å². The number of thiophene rings is 1. The maximum absolute atomic E-state index is 13.1. The number of rotatable bonds is 6. The molecule has 3 aromatic rings. The van der Waals surface area contributed by atoms with Crippen LogP contribution in [0.15, 0.2) is 40.9 Å². The van der Waals surface area contributed by atoms with Gasteiger partial charge < -0.3 is 9.88 Å². The summed E-state index contributed by atoms with van der Waals surface area (Å²) in [5.41, 5.74) is -1.44. The molecule has 0 spiro atoms. The van der Waals surface area contributed by atoms with Crippen molar-refractivity contribution in [1.82, 2.24) is 14.8 Å². The van der Waals surface area contributed by atoms with Crippen molar-refractivity contribution in [1.29, 1.82) is 0 Å². The van der Waals surface area contributed by atoms with Crippen LogP contribution in [0.1, 0.15) is 12.5 Å². The van der Waals surface area contributed by atoms with Gasteiger partial charge in [0.05, 0.1) is 26.9 Å². The number of amides is 1. The van der Waals surface area contributed by atoms with Crippen LogP contribution in [-0.4, -0.2) is 26.4 Å². The Morgan fingerprint density at radius 3 is 2.71 bits per heavy atom. The van der Waals surface area contributed by atoms with Crippen molar-refractivity contribution in [3.05, 3.63) is 46.3 Å². The molecule has 1 amide bonds. The summed E-state index contributed by atoms with van der Waals surface area (Å²) in [5, 5.41) is 12.8. The van der Waals surface area contributed by atoms with Gasteiger partial charge in [-0.3, -0.25) is 4.79 Å². The summed E-state index contributed by atoms with van der Waals surface area (Å²) in [7, 11) is 0. The van der Waals surface area contributed by atoms with Crippen LogP contribution in [-0.2, 0) is 17.5 Å². The van der Waals surface area contributed by atoms with Gasteiger partial charge in [-0.05, 0) is 30.5 Å². The van der Waals surface area contributed by atoms with Crippen LogP contribution >= 0.6 is 34.7 Å². The number of para-hydroxylation sites is 1. The smallest absolute Gasteiger partial charge is 0.324 e. The SMILES string of the molecule is CCn1c(SCC(=O)Nc2c(Cl)cccc2C(F)(F)F)nnc1-c1cccs1. The number of hydrogen-bond donors (Lipinski definition) is 1. The molecule has 11 heteroatoms. The molecule has 3 rings (SSSR count). The maximum Gasteiger partial charge on any atom is 0.418 e. The Morgan fingerprint density at radius 1 is 1.29 bits per heavy atom. The molecule has 28 heavy (non-hydrogen) atoms. The van der Waals surface area contributed by atoms with Gasteiger partial charge in [-0.15, -0.1) is 21.5 Å². The molecule has 148 valence electrons. The van der Waals surface area contributed by atoms with Gasteiger partial charge in [-0.25, -0.2) is 0 Å². The summed E-state index contributed by atoms with van der Waals surface area (Å²) in [5.74, 6) is -0.0664. The number of carbonyl (C=O) groups is 1. The lowest BCUT2D eigenvalue weighted by molar-refractivity contribution is -0.137. The monoisotopic (exact) mass is 446 g/mol. The lowest BCUT2D eigenvalue weighted by atomic mass is 10.1. The number of carbonyl (C=O) groups excluding carboxylic acids is 1. The zero-order valence-electron chi connectivity index (χ0n) is 14.5. The third-order valence-corrected chi connectivity index (χ3v) is 5.84. The molecule has 0 saturated heterocycles. The fourth-order valence-corrected chi connectivity index (χ4v) is 4.20. The normalized spacial score (nSPS) is 11.6. The molecule has 0 aliphatic heterocycles. The summed E-state index contributed by atoms with van der Waals surface area (Å²) in [4.78, 5) is 13.2.